The summed E-state index contributed by atoms with van der Waals surface area (Å²) in [6.45, 7) is 0. The topological polar surface area (TPSA) is 90.7 Å². The van der Waals surface area contributed by atoms with E-state index in [4.69, 9.17) is 9.47 Å². The highest BCUT2D eigenvalue weighted by atomic mass is 16.6. The maximum Gasteiger partial charge on any atom is 0.339 e. The average Bonchev–Trinajstić information content (AvgIpc) is 3.21. The van der Waals surface area contributed by atoms with Crippen molar-refractivity contribution in [3.05, 3.63) is 75.4 Å². The van der Waals surface area contributed by atoms with E-state index < -0.39 is 10.9 Å². The molecule has 2 aromatic rings. The smallest absolute Gasteiger partial charge is 0.339 e. The molecule has 0 spiro atoms. The number of nitrogens with one attached hydrogen (secondary N) is 1. The summed E-state index contributed by atoms with van der Waals surface area (Å²) >= 11 is 0. The Labute approximate surface area is 162 Å². The molecule has 1 aliphatic carbocycles. The molecule has 2 aromatic carbocycles. The third-order valence-corrected chi connectivity index (χ3v) is 5.56. The molecule has 4 rings (SSSR count). The molecule has 1 heterocycles. The first kappa shape index (κ1) is 18.0. The van der Waals surface area contributed by atoms with Crippen LogP contribution in [0.5, 0.6) is 5.75 Å². The van der Waals surface area contributed by atoms with Gasteiger partial charge in [-0.25, -0.2) is 4.79 Å². The van der Waals surface area contributed by atoms with Gasteiger partial charge in [-0.1, -0.05) is 30.4 Å². The second-order valence-corrected chi connectivity index (χ2v) is 6.93. The molecule has 0 fully saturated rings. The number of allylic oxidation sites excluding steroid dienone is 2. The minimum absolute atomic E-state index is 0.0728. The number of carbonyl (C=O) groups excluding carboxylic acids is 1. The van der Waals surface area contributed by atoms with Gasteiger partial charge in [0.25, 0.3) is 0 Å². The van der Waals surface area contributed by atoms with Crippen molar-refractivity contribution in [2.75, 3.05) is 19.5 Å². The normalized spacial score (nSPS) is 22.0. The molecule has 7 nitrogen and oxygen atoms in total. The SMILES string of the molecule is COC(=O)c1cccc2c1N[C@H](c1ccc(OC)c([N+](=O)[O-])c1)[C@H]1CC=C[C@H]21. The Balaban J connectivity index is 1.82. The number of hydrogen-bond donors (Lipinski definition) is 1. The lowest BCUT2D eigenvalue weighted by Gasteiger charge is -2.38. The fourth-order valence-electron chi connectivity index (χ4n) is 4.27. The van der Waals surface area contributed by atoms with Crippen molar-refractivity contribution in [2.45, 2.75) is 18.4 Å². The largest absolute Gasteiger partial charge is 0.490 e. The van der Waals surface area contributed by atoms with Gasteiger partial charge in [0.2, 0.25) is 0 Å². The highest BCUT2D eigenvalue weighted by Gasteiger charge is 2.40. The zero-order valence-corrected chi connectivity index (χ0v) is 15.5. The van der Waals surface area contributed by atoms with Crippen LogP contribution in [0.2, 0.25) is 0 Å². The van der Waals surface area contributed by atoms with Crippen LogP contribution in [0.25, 0.3) is 0 Å². The van der Waals surface area contributed by atoms with Crippen LogP contribution in [-0.2, 0) is 4.74 Å². The number of nitro groups is 1. The van der Waals surface area contributed by atoms with Gasteiger partial charge in [0.15, 0.2) is 5.75 Å². The minimum atomic E-state index is -0.441. The van der Waals surface area contributed by atoms with Crippen LogP contribution >= 0.6 is 0 Å². The molecular formula is C21H20N2O5. The molecule has 0 aromatic heterocycles. The minimum Gasteiger partial charge on any atom is -0.490 e. The molecule has 28 heavy (non-hydrogen) atoms. The van der Waals surface area contributed by atoms with E-state index in [0.717, 1.165) is 23.2 Å². The number of fused-ring (bicyclic) bond motifs is 3. The molecule has 0 saturated heterocycles. The van der Waals surface area contributed by atoms with Gasteiger partial charge in [-0.3, -0.25) is 10.1 Å². The first-order valence-electron chi connectivity index (χ1n) is 9.02. The van der Waals surface area contributed by atoms with Gasteiger partial charge in [0.05, 0.1) is 36.4 Å². The van der Waals surface area contributed by atoms with E-state index in [9.17, 15) is 14.9 Å². The summed E-state index contributed by atoms with van der Waals surface area (Å²) in [7, 11) is 2.77. The summed E-state index contributed by atoms with van der Waals surface area (Å²) < 4.78 is 10.1. The number of carbonyl (C=O) groups is 1. The van der Waals surface area contributed by atoms with Crippen molar-refractivity contribution in [3.63, 3.8) is 0 Å². The van der Waals surface area contributed by atoms with Gasteiger partial charge in [-0.15, -0.1) is 0 Å². The first-order valence-corrected chi connectivity index (χ1v) is 9.02. The molecule has 144 valence electrons. The summed E-state index contributed by atoms with van der Waals surface area (Å²) in [4.78, 5) is 23.3. The summed E-state index contributed by atoms with van der Waals surface area (Å²) in [5.74, 6) is 0.144. The van der Waals surface area contributed by atoms with E-state index >= 15 is 0 Å². The Kier molecular flexibility index (Phi) is 4.50. The number of rotatable bonds is 4. The summed E-state index contributed by atoms with van der Waals surface area (Å²) in [6.07, 6.45) is 5.13. The number of methoxy groups -OCH3 is 2. The van der Waals surface area contributed by atoms with Crippen molar-refractivity contribution in [3.8, 4) is 5.75 Å². The van der Waals surface area contributed by atoms with Crippen LogP contribution in [-0.4, -0.2) is 25.1 Å². The van der Waals surface area contributed by atoms with Crippen LogP contribution in [0.15, 0.2) is 48.6 Å². The number of para-hydroxylation sites is 1. The Bertz CT molecular complexity index is 985. The fourth-order valence-corrected chi connectivity index (χ4v) is 4.27. The molecule has 1 N–H and O–H groups in total. The highest BCUT2D eigenvalue weighted by molar-refractivity contribution is 5.97. The van der Waals surface area contributed by atoms with Crippen LogP contribution in [0.1, 0.15) is 39.9 Å². The second-order valence-electron chi connectivity index (χ2n) is 6.93. The molecule has 7 heteroatoms. The monoisotopic (exact) mass is 380 g/mol. The number of nitrogens with zero attached hydrogens (tertiary/aromatic N) is 1. The Morgan fingerprint density at radius 3 is 2.79 bits per heavy atom. The average molecular weight is 380 g/mol. The lowest BCUT2D eigenvalue weighted by atomic mass is 9.76. The molecule has 0 amide bonds. The van der Waals surface area contributed by atoms with Crippen molar-refractivity contribution in [1.82, 2.24) is 0 Å². The fraction of sp³-hybridized carbons (Fsp3) is 0.286. The molecule has 0 saturated carbocycles. The van der Waals surface area contributed by atoms with Crippen molar-refractivity contribution < 1.29 is 19.2 Å². The van der Waals surface area contributed by atoms with E-state index in [1.165, 1.54) is 14.2 Å². The van der Waals surface area contributed by atoms with Crippen molar-refractivity contribution >= 4 is 17.3 Å². The number of benzene rings is 2. The molecule has 0 unspecified atom stereocenters. The Hall–Kier alpha value is -3.35. The van der Waals surface area contributed by atoms with Crippen LogP contribution in [0.3, 0.4) is 0 Å². The van der Waals surface area contributed by atoms with Crippen molar-refractivity contribution in [2.24, 2.45) is 5.92 Å². The number of nitro benzene ring substituents is 1. The highest BCUT2D eigenvalue weighted by Crippen LogP contribution is 2.51. The molecule has 3 atom stereocenters. The lowest BCUT2D eigenvalue weighted by Crippen LogP contribution is -2.30. The van der Waals surface area contributed by atoms with Crippen LogP contribution in [0.4, 0.5) is 11.4 Å². The van der Waals surface area contributed by atoms with Crippen molar-refractivity contribution in [1.29, 1.82) is 0 Å². The third-order valence-electron chi connectivity index (χ3n) is 5.56. The van der Waals surface area contributed by atoms with Crippen LogP contribution < -0.4 is 10.1 Å². The standard InChI is InChI=1S/C21H20N2O5/c1-27-18-10-9-12(11-17(18)23(25)26)19-14-6-3-5-13(14)15-7-4-8-16(20(15)22-19)21(24)28-2/h3-5,7-11,13-14,19,22H,6H2,1-2H3/t13-,14-,19+/m0/s1. The Morgan fingerprint density at radius 2 is 2.07 bits per heavy atom. The zero-order valence-electron chi connectivity index (χ0n) is 15.5. The quantitative estimate of drug-likeness (QED) is 0.370. The number of hydrogen-bond acceptors (Lipinski definition) is 6. The molecule has 0 radical (unpaired) electrons. The third kappa shape index (κ3) is 2.79. The summed E-state index contributed by atoms with van der Waals surface area (Å²) in [5, 5.41) is 14.9. The van der Waals surface area contributed by atoms with E-state index in [2.05, 4.69) is 17.5 Å². The second kappa shape index (κ2) is 6.99. The van der Waals surface area contributed by atoms with Gasteiger partial charge < -0.3 is 14.8 Å². The molecular weight excluding hydrogens is 360 g/mol. The van der Waals surface area contributed by atoms with Gasteiger partial charge in [0, 0.05) is 12.0 Å². The van der Waals surface area contributed by atoms with Gasteiger partial charge in [-0.2, -0.15) is 0 Å². The van der Waals surface area contributed by atoms with E-state index in [-0.39, 0.29) is 29.3 Å². The summed E-state index contributed by atoms with van der Waals surface area (Å²) in [6, 6.07) is 10.4. The molecule has 0 bridgehead atoms. The predicted molar refractivity (Wildman–Crippen MR) is 104 cm³/mol. The number of anilines is 1. The van der Waals surface area contributed by atoms with Gasteiger partial charge in [-0.05, 0) is 35.6 Å². The maximum absolute atomic E-state index is 12.3. The maximum atomic E-state index is 12.3. The number of esters is 1. The van der Waals surface area contributed by atoms with E-state index in [1.54, 1.807) is 18.2 Å². The zero-order chi connectivity index (χ0) is 19.8. The Morgan fingerprint density at radius 1 is 1.25 bits per heavy atom. The number of ether oxygens (including phenoxy) is 2. The molecule has 2 aliphatic rings. The predicted octanol–water partition coefficient (Wildman–Crippen LogP) is 4.22. The molecule has 1 aliphatic heterocycles. The first-order chi connectivity index (χ1) is 13.5. The van der Waals surface area contributed by atoms with Gasteiger partial charge in [0.1, 0.15) is 0 Å². The van der Waals surface area contributed by atoms with E-state index in [0.29, 0.717) is 5.56 Å². The van der Waals surface area contributed by atoms with E-state index in [1.807, 2.05) is 18.2 Å². The summed E-state index contributed by atoms with van der Waals surface area (Å²) in [5.41, 5.74) is 2.95. The lowest BCUT2D eigenvalue weighted by molar-refractivity contribution is -0.385. The van der Waals surface area contributed by atoms with Crippen LogP contribution in [0, 0.1) is 16.0 Å². The van der Waals surface area contributed by atoms with Gasteiger partial charge >= 0.3 is 11.7 Å².